The molecular formula is C14H18N4S. The van der Waals surface area contributed by atoms with Crippen LogP contribution in [0.5, 0.6) is 0 Å². The number of thiocarbonyl (C=S) groups is 1. The third-order valence-corrected chi connectivity index (χ3v) is 3.10. The first-order valence-electron chi connectivity index (χ1n) is 6.22. The topological polar surface area (TPSA) is 55.9 Å². The quantitative estimate of drug-likeness (QED) is 0.842. The molecular weight excluding hydrogens is 256 g/mol. The van der Waals surface area contributed by atoms with Crippen LogP contribution in [0.1, 0.15) is 25.5 Å². The van der Waals surface area contributed by atoms with Gasteiger partial charge in [-0.25, -0.2) is 4.98 Å². The van der Waals surface area contributed by atoms with E-state index in [1.165, 1.54) is 5.56 Å². The molecule has 100 valence electrons. The number of rotatable bonds is 4. The third-order valence-electron chi connectivity index (χ3n) is 3.00. The summed E-state index contributed by atoms with van der Waals surface area (Å²) >= 11 is 4.82. The molecule has 3 N–H and O–H groups in total. The zero-order valence-electron chi connectivity index (χ0n) is 11.1. The Labute approximate surface area is 118 Å². The number of anilines is 1. The highest BCUT2D eigenvalue weighted by Gasteiger charge is 2.17. The van der Waals surface area contributed by atoms with Crippen molar-refractivity contribution in [3.05, 3.63) is 48.5 Å². The fourth-order valence-electron chi connectivity index (χ4n) is 2.24. The monoisotopic (exact) mass is 274 g/mol. The highest BCUT2D eigenvalue weighted by atomic mass is 32.1. The number of hydrogen-bond donors (Lipinski definition) is 2. The number of aromatic nitrogens is 2. The Balaban J connectivity index is 2.26. The van der Waals surface area contributed by atoms with Crippen molar-refractivity contribution in [1.82, 2.24) is 9.55 Å². The second-order valence-corrected chi connectivity index (χ2v) is 5.25. The van der Waals surface area contributed by atoms with E-state index in [-0.39, 0.29) is 11.2 Å². The van der Waals surface area contributed by atoms with Gasteiger partial charge in [0.15, 0.2) is 5.11 Å². The maximum absolute atomic E-state index is 5.46. The minimum absolute atomic E-state index is 0.279. The van der Waals surface area contributed by atoms with Crippen LogP contribution in [-0.4, -0.2) is 14.7 Å². The van der Waals surface area contributed by atoms with Crippen molar-refractivity contribution in [2.75, 3.05) is 5.32 Å². The number of nitrogens with zero attached hydrogens (tertiary/aromatic N) is 2. The summed E-state index contributed by atoms with van der Waals surface area (Å²) in [6, 6.07) is 8.43. The van der Waals surface area contributed by atoms with Crippen LogP contribution in [0, 0.1) is 5.92 Å². The molecule has 0 amide bonds. The van der Waals surface area contributed by atoms with Gasteiger partial charge in [0.2, 0.25) is 0 Å². The Kier molecular flexibility index (Phi) is 4.16. The van der Waals surface area contributed by atoms with Crippen molar-refractivity contribution in [3.63, 3.8) is 0 Å². The molecule has 4 nitrogen and oxygen atoms in total. The van der Waals surface area contributed by atoms with Gasteiger partial charge < -0.3 is 15.6 Å². The third kappa shape index (κ3) is 3.32. The largest absolute Gasteiger partial charge is 0.376 e. The Morgan fingerprint density at radius 3 is 2.47 bits per heavy atom. The van der Waals surface area contributed by atoms with Crippen LogP contribution in [0.4, 0.5) is 5.69 Å². The number of hydrogen-bond acceptors (Lipinski definition) is 2. The molecule has 0 aliphatic carbocycles. The predicted molar refractivity (Wildman–Crippen MR) is 82.1 cm³/mol. The van der Waals surface area contributed by atoms with E-state index in [1.807, 2.05) is 24.7 Å². The van der Waals surface area contributed by atoms with Crippen molar-refractivity contribution in [1.29, 1.82) is 0 Å². The molecule has 2 rings (SSSR count). The molecule has 0 spiro atoms. The number of nitrogens with two attached hydrogens (primary N) is 1. The second kappa shape index (κ2) is 5.84. The van der Waals surface area contributed by atoms with Gasteiger partial charge in [0.1, 0.15) is 0 Å². The normalized spacial score (nSPS) is 12.4. The Bertz CT molecular complexity index is 531. The van der Waals surface area contributed by atoms with E-state index in [1.54, 1.807) is 6.20 Å². The van der Waals surface area contributed by atoms with Gasteiger partial charge >= 0.3 is 0 Å². The van der Waals surface area contributed by atoms with Gasteiger partial charge in [-0.3, -0.25) is 0 Å². The first kappa shape index (κ1) is 13.5. The first-order valence-corrected chi connectivity index (χ1v) is 6.62. The molecule has 1 aromatic carbocycles. The lowest BCUT2D eigenvalue weighted by Crippen LogP contribution is -2.19. The highest BCUT2D eigenvalue weighted by Crippen LogP contribution is 2.27. The van der Waals surface area contributed by atoms with Crippen LogP contribution in [0.15, 0.2) is 43.0 Å². The maximum atomic E-state index is 5.46. The van der Waals surface area contributed by atoms with Gasteiger partial charge in [-0.1, -0.05) is 26.0 Å². The number of imidazole rings is 1. The molecule has 0 saturated carbocycles. The standard InChI is InChI=1S/C14H18N4S/c1-10(2)13(18-8-7-16-9-18)11-3-5-12(6-4-11)17-14(15)19/h3-10,13H,1-2H3,(H3,15,17,19). The van der Waals surface area contributed by atoms with E-state index in [0.717, 1.165) is 5.69 Å². The average molecular weight is 274 g/mol. The summed E-state index contributed by atoms with van der Waals surface area (Å²) in [7, 11) is 0. The maximum Gasteiger partial charge on any atom is 0.168 e. The average Bonchev–Trinajstić information content (AvgIpc) is 2.84. The summed E-state index contributed by atoms with van der Waals surface area (Å²) < 4.78 is 2.13. The minimum atomic E-state index is 0.279. The van der Waals surface area contributed by atoms with Crippen LogP contribution in [0.3, 0.4) is 0 Å². The van der Waals surface area contributed by atoms with Gasteiger partial charge in [0, 0.05) is 18.1 Å². The van der Waals surface area contributed by atoms with E-state index in [9.17, 15) is 0 Å². The molecule has 0 fully saturated rings. The summed E-state index contributed by atoms with van der Waals surface area (Å²) in [5.74, 6) is 0.476. The van der Waals surface area contributed by atoms with Gasteiger partial charge in [-0.2, -0.15) is 0 Å². The van der Waals surface area contributed by atoms with Gasteiger partial charge in [-0.15, -0.1) is 0 Å². The van der Waals surface area contributed by atoms with E-state index in [0.29, 0.717) is 5.92 Å². The molecule has 5 heteroatoms. The molecule has 1 unspecified atom stereocenters. The number of benzene rings is 1. The molecule has 0 bridgehead atoms. The van der Waals surface area contributed by atoms with E-state index in [2.05, 4.69) is 40.8 Å². The zero-order chi connectivity index (χ0) is 13.8. The molecule has 19 heavy (non-hydrogen) atoms. The lowest BCUT2D eigenvalue weighted by Gasteiger charge is -2.23. The van der Waals surface area contributed by atoms with E-state index >= 15 is 0 Å². The smallest absolute Gasteiger partial charge is 0.168 e. The van der Waals surface area contributed by atoms with Gasteiger partial charge in [-0.05, 0) is 35.8 Å². The van der Waals surface area contributed by atoms with Crippen molar-refractivity contribution in [2.24, 2.45) is 11.7 Å². The van der Waals surface area contributed by atoms with Crippen molar-refractivity contribution in [3.8, 4) is 0 Å². The first-order chi connectivity index (χ1) is 9.08. The Morgan fingerprint density at radius 2 is 2.00 bits per heavy atom. The van der Waals surface area contributed by atoms with Crippen LogP contribution in [0.25, 0.3) is 0 Å². The lowest BCUT2D eigenvalue weighted by molar-refractivity contribution is 0.436. The summed E-state index contributed by atoms with van der Waals surface area (Å²) in [5, 5.41) is 3.21. The Morgan fingerprint density at radius 1 is 1.32 bits per heavy atom. The lowest BCUT2D eigenvalue weighted by atomic mass is 9.95. The molecule has 1 atom stereocenters. The number of nitrogens with one attached hydrogen (secondary N) is 1. The summed E-state index contributed by atoms with van der Waals surface area (Å²) in [6.07, 6.45) is 5.65. The van der Waals surface area contributed by atoms with Crippen LogP contribution in [-0.2, 0) is 0 Å². The van der Waals surface area contributed by atoms with Crippen LogP contribution >= 0.6 is 12.2 Å². The summed E-state index contributed by atoms with van der Waals surface area (Å²) in [4.78, 5) is 4.12. The van der Waals surface area contributed by atoms with Crippen molar-refractivity contribution >= 4 is 23.0 Å². The fourth-order valence-corrected chi connectivity index (χ4v) is 2.36. The zero-order valence-corrected chi connectivity index (χ0v) is 11.9. The predicted octanol–water partition coefficient (Wildman–Crippen LogP) is 2.78. The van der Waals surface area contributed by atoms with Gasteiger partial charge in [0.05, 0.1) is 12.4 Å². The second-order valence-electron chi connectivity index (χ2n) is 4.81. The van der Waals surface area contributed by atoms with Crippen LogP contribution in [0.2, 0.25) is 0 Å². The van der Waals surface area contributed by atoms with E-state index < -0.39 is 0 Å². The summed E-state index contributed by atoms with van der Waals surface area (Å²) in [6.45, 7) is 4.40. The van der Waals surface area contributed by atoms with Crippen molar-refractivity contribution in [2.45, 2.75) is 19.9 Å². The van der Waals surface area contributed by atoms with Gasteiger partial charge in [0.25, 0.3) is 0 Å². The van der Waals surface area contributed by atoms with Crippen molar-refractivity contribution < 1.29 is 0 Å². The molecule has 0 radical (unpaired) electrons. The Hall–Kier alpha value is -1.88. The molecule has 1 heterocycles. The molecule has 0 aliphatic rings. The SMILES string of the molecule is CC(C)C(c1ccc(NC(N)=S)cc1)n1ccnc1. The fraction of sp³-hybridized carbons (Fsp3) is 0.286. The molecule has 0 saturated heterocycles. The van der Waals surface area contributed by atoms with E-state index in [4.69, 9.17) is 18.0 Å². The molecule has 0 aliphatic heterocycles. The van der Waals surface area contributed by atoms with Crippen LogP contribution < -0.4 is 11.1 Å². The molecule has 1 aromatic heterocycles. The minimum Gasteiger partial charge on any atom is -0.376 e. The summed E-state index contributed by atoms with van der Waals surface area (Å²) in [5.41, 5.74) is 7.60. The highest BCUT2D eigenvalue weighted by molar-refractivity contribution is 7.80. The molecule has 2 aromatic rings.